The number of amides is 4. The number of fused-ring (bicyclic) bond motifs is 2. The van der Waals surface area contributed by atoms with Gasteiger partial charge in [0.1, 0.15) is 17.1 Å². The molecule has 288 valence electrons. The molecule has 1 fully saturated rings. The van der Waals surface area contributed by atoms with Crippen LogP contribution in [0.2, 0.25) is 0 Å². The first-order valence-electron chi connectivity index (χ1n) is 18.1. The molecule has 0 spiro atoms. The molecular weight excluding hydrogens is 704 g/mol. The number of aliphatic hydroxyl groups excluding tert-OH is 1. The Bertz CT molecular complexity index is 2210. The van der Waals surface area contributed by atoms with E-state index in [2.05, 4.69) is 27.5 Å². The molecule has 15 heteroatoms. The Morgan fingerprint density at radius 1 is 0.909 bits per heavy atom. The van der Waals surface area contributed by atoms with Gasteiger partial charge < -0.3 is 44.4 Å². The fourth-order valence-corrected chi connectivity index (χ4v) is 6.82. The van der Waals surface area contributed by atoms with E-state index in [1.807, 2.05) is 6.92 Å². The maximum Gasteiger partial charge on any atom is 0.272 e. The fourth-order valence-electron chi connectivity index (χ4n) is 6.82. The lowest BCUT2D eigenvalue weighted by Gasteiger charge is -2.20. The SMILES string of the molecule is C=C1C[C@@H]2C=Nc3cc(OCCCC(=O)Nc4cc(C(=O)Cc5cc(C(=O)Nc6cc(C(=O)NCCCO)n(C)c6)n(C)c5)n(C)c4)c(C)cc3C(=O)N2C1. The van der Waals surface area contributed by atoms with Crippen molar-refractivity contribution < 1.29 is 33.8 Å². The summed E-state index contributed by atoms with van der Waals surface area (Å²) >= 11 is 0. The Labute approximate surface area is 318 Å². The number of Topliss-reactive ketones (excluding diaryl/α,β-unsaturated/α-hetero) is 1. The molecule has 4 aromatic rings. The van der Waals surface area contributed by atoms with Crippen LogP contribution in [0.25, 0.3) is 0 Å². The molecular formula is C40H46N8O7. The van der Waals surface area contributed by atoms with Gasteiger partial charge in [-0.2, -0.15) is 0 Å². The van der Waals surface area contributed by atoms with E-state index in [1.165, 1.54) is 0 Å². The third-order valence-electron chi connectivity index (χ3n) is 9.62. The minimum atomic E-state index is -0.403. The van der Waals surface area contributed by atoms with Crippen molar-refractivity contribution in [1.29, 1.82) is 0 Å². The molecule has 0 aliphatic carbocycles. The molecule has 4 amide bonds. The van der Waals surface area contributed by atoms with Gasteiger partial charge in [0.2, 0.25) is 5.91 Å². The molecule has 2 aliphatic rings. The van der Waals surface area contributed by atoms with Crippen molar-refractivity contribution >= 4 is 52.7 Å². The van der Waals surface area contributed by atoms with Crippen LogP contribution in [0.4, 0.5) is 17.1 Å². The summed E-state index contributed by atoms with van der Waals surface area (Å²) in [5, 5.41) is 17.3. The second-order valence-corrected chi connectivity index (χ2v) is 14.0. The average Bonchev–Trinajstić information content (AvgIpc) is 3.89. The van der Waals surface area contributed by atoms with E-state index in [0.29, 0.717) is 83.4 Å². The topological polar surface area (TPSA) is 181 Å². The highest BCUT2D eigenvalue weighted by Gasteiger charge is 2.34. The molecule has 15 nitrogen and oxygen atoms in total. The number of rotatable bonds is 15. The van der Waals surface area contributed by atoms with Gasteiger partial charge in [-0.05, 0) is 61.6 Å². The summed E-state index contributed by atoms with van der Waals surface area (Å²) in [4.78, 5) is 71.2. The third-order valence-corrected chi connectivity index (χ3v) is 9.62. The van der Waals surface area contributed by atoms with Crippen molar-refractivity contribution in [2.75, 3.05) is 36.9 Å². The minimum Gasteiger partial charge on any atom is -0.493 e. The molecule has 0 saturated carbocycles. The van der Waals surface area contributed by atoms with E-state index >= 15 is 0 Å². The monoisotopic (exact) mass is 750 g/mol. The predicted octanol–water partition coefficient (Wildman–Crippen LogP) is 4.08. The van der Waals surface area contributed by atoms with Crippen LogP contribution >= 0.6 is 0 Å². The summed E-state index contributed by atoms with van der Waals surface area (Å²) in [5.41, 5.74) is 5.56. The Hall–Kier alpha value is -6.22. The lowest BCUT2D eigenvalue weighted by atomic mass is 10.1. The van der Waals surface area contributed by atoms with Gasteiger partial charge in [0.25, 0.3) is 17.7 Å². The molecule has 1 atom stereocenters. The number of aliphatic imine (C=N–C) groups is 1. The van der Waals surface area contributed by atoms with Gasteiger partial charge in [0.05, 0.1) is 41.0 Å². The Morgan fingerprint density at radius 3 is 2.36 bits per heavy atom. The summed E-state index contributed by atoms with van der Waals surface area (Å²) in [6.07, 6.45) is 8.63. The number of hydrogen-bond acceptors (Lipinski definition) is 8. The maximum absolute atomic E-state index is 13.3. The van der Waals surface area contributed by atoms with Crippen LogP contribution in [0.1, 0.15) is 78.6 Å². The van der Waals surface area contributed by atoms with E-state index in [9.17, 15) is 24.0 Å². The maximum atomic E-state index is 13.3. The van der Waals surface area contributed by atoms with Crippen LogP contribution in [-0.2, 0) is 32.4 Å². The Morgan fingerprint density at radius 2 is 1.60 bits per heavy atom. The van der Waals surface area contributed by atoms with Crippen LogP contribution in [-0.4, -0.2) is 91.7 Å². The van der Waals surface area contributed by atoms with Crippen molar-refractivity contribution in [1.82, 2.24) is 23.9 Å². The Kier molecular flexibility index (Phi) is 11.5. The standard InChI is InChI=1S/C40H46N8O7/c1-24-12-29-19-42-31-18-36(25(2)13-30(31)40(54)48(29)20-24)55-11-6-8-37(51)43-27-16-32(46(4)22-27)35(50)15-26-14-33(45(3)21-26)39(53)44-28-17-34(47(5)23-28)38(52)41-9-7-10-49/h13-14,16-19,21-23,29,49H,1,6-12,15,20H2,2-5H3,(H,41,52)(H,43,51)(H,44,53)/t29-/m1/s1. The number of hydrogen-bond donors (Lipinski definition) is 4. The van der Waals surface area contributed by atoms with Crippen LogP contribution < -0.4 is 20.7 Å². The number of aryl methyl sites for hydroxylation is 4. The number of carbonyl (C=O) groups excluding carboxylic acids is 5. The molecule has 2 aliphatic heterocycles. The smallest absolute Gasteiger partial charge is 0.272 e. The van der Waals surface area contributed by atoms with Crippen molar-refractivity contribution in [2.24, 2.45) is 26.1 Å². The summed E-state index contributed by atoms with van der Waals surface area (Å²) in [5.74, 6) is -0.601. The van der Waals surface area contributed by atoms with E-state index in [4.69, 9.17) is 9.84 Å². The van der Waals surface area contributed by atoms with Gasteiger partial charge in [0, 0.05) is 84.6 Å². The van der Waals surface area contributed by atoms with Crippen molar-refractivity contribution in [3.05, 3.63) is 94.8 Å². The second-order valence-electron chi connectivity index (χ2n) is 14.0. The first kappa shape index (κ1) is 38.5. The van der Waals surface area contributed by atoms with Gasteiger partial charge in [0.15, 0.2) is 5.78 Å². The van der Waals surface area contributed by atoms with Gasteiger partial charge in [-0.25, -0.2) is 0 Å². The fraction of sp³-hybridized carbons (Fsp3) is 0.350. The van der Waals surface area contributed by atoms with Crippen LogP contribution in [0.5, 0.6) is 5.75 Å². The van der Waals surface area contributed by atoms with Crippen molar-refractivity contribution in [3.8, 4) is 5.75 Å². The van der Waals surface area contributed by atoms with E-state index in [1.54, 1.807) is 94.9 Å². The molecule has 3 aromatic heterocycles. The highest BCUT2D eigenvalue weighted by Crippen LogP contribution is 2.34. The van der Waals surface area contributed by atoms with Crippen LogP contribution in [0.15, 0.2) is 66.1 Å². The molecule has 4 N–H and O–H groups in total. The number of ether oxygens (including phenoxy) is 1. The number of ketones is 1. The largest absolute Gasteiger partial charge is 0.493 e. The number of aliphatic hydroxyl groups is 1. The number of aromatic nitrogens is 3. The summed E-state index contributed by atoms with van der Waals surface area (Å²) < 4.78 is 10.9. The number of nitrogens with one attached hydrogen (secondary N) is 3. The molecule has 1 saturated heterocycles. The number of anilines is 2. The lowest BCUT2D eigenvalue weighted by Crippen LogP contribution is -2.35. The van der Waals surface area contributed by atoms with Crippen molar-refractivity contribution in [3.63, 3.8) is 0 Å². The Balaban J connectivity index is 0.983. The summed E-state index contributed by atoms with van der Waals surface area (Å²) in [6, 6.07) is 8.33. The molecule has 5 heterocycles. The second kappa shape index (κ2) is 16.4. The molecule has 0 unspecified atom stereocenters. The van der Waals surface area contributed by atoms with Gasteiger partial charge >= 0.3 is 0 Å². The van der Waals surface area contributed by atoms with E-state index < -0.39 is 5.91 Å². The zero-order valence-electron chi connectivity index (χ0n) is 31.5. The quantitative estimate of drug-likeness (QED) is 0.0803. The first-order valence-corrected chi connectivity index (χ1v) is 18.1. The van der Waals surface area contributed by atoms with Crippen LogP contribution in [0.3, 0.4) is 0 Å². The highest BCUT2D eigenvalue weighted by atomic mass is 16.5. The molecule has 6 rings (SSSR count). The first-order chi connectivity index (χ1) is 26.3. The number of benzene rings is 1. The third kappa shape index (κ3) is 8.78. The average molecular weight is 751 g/mol. The summed E-state index contributed by atoms with van der Waals surface area (Å²) in [6.45, 7) is 7.01. The van der Waals surface area contributed by atoms with Crippen LogP contribution in [0, 0.1) is 6.92 Å². The predicted molar refractivity (Wildman–Crippen MR) is 208 cm³/mol. The highest BCUT2D eigenvalue weighted by molar-refractivity contribution is 6.05. The van der Waals surface area contributed by atoms with Gasteiger partial charge in [-0.15, -0.1) is 0 Å². The number of carbonyl (C=O) groups is 5. The van der Waals surface area contributed by atoms with Crippen molar-refractivity contribution in [2.45, 2.75) is 45.1 Å². The lowest BCUT2D eigenvalue weighted by molar-refractivity contribution is -0.116. The molecule has 0 radical (unpaired) electrons. The molecule has 55 heavy (non-hydrogen) atoms. The van der Waals surface area contributed by atoms with Gasteiger partial charge in [-0.3, -0.25) is 29.0 Å². The molecule has 0 bridgehead atoms. The van der Waals surface area contributed by atoms with E-state index in [0.717, 1.165) is 11.1 Å². The normalized spacial score (nSPS) is 14.7. The zero-order chi connectivity index (χ0) is 39.4. The summed E-state index contributed by atoms with van der Waals surface area (Å²) in [7, 11) is 5.13. The minimum absolute atomic E-state index is 0.0278. The zero-order valence-corrected chi connectivity index (χ0v) is 31.5. The van der Waals surface area contributed by atoms with Gasteiger partial charge in [-0.1, -0.05) is 12.2 Å². The number of nitrogens with zero attached hydrogens (tertiary/aromatic N) is 5. The van der Waals surface area contributed by atoms with E-state index in [-0.39, 0.29) is 55.6 Å². The molecule has 1 aromatic carbocycles.